The Bertz CT molecular complexity index is 1650. The lowest BCUT2D eigenvalue weighted by molar-refractivity contribution is -0.129. The van der Waals surface area contributed by atoms with Crippen LogP contribution in [0.5, 0.6) is 11.5 Å². The van der Waals surface area contributed by atoms with Crippen LogP contribution in [0.3, 0.4) is 0 Å². The van der Waals surface area contributed by atoms with E-state index in [1.54, 1.807) is 53.9 Å². The van der Waals surface area contributed by atoms with Gasteiger partial charge in [0.05, 0.1) is 6.42 Å². The summed E-state index contributed by atoms with van der Waals surface area (Å²) in [5.41, 5.74) is 5.46. The van der Waals surface area contributed by atoms with E-state index in [2.05, 4.69) is 9.72 Å². The van der Waals surface area contributed by atoms with Crippen molar-refractivity contribution < 1.29 is 23.0 Å². The molecule has 0 saturated heterocycles. The number of halogens is 3. The highest BCUT2D eigenvalue weighted by Crippen LogP contribution is 2.42. The van der Waals surface area contributed by atoms with E-state index in [1.807, 2.05) is 60.0 Å². The summed E-state index contributed by atoms with van der Waals surface area (Å²) in [4.78, 5) is 19.8. The maximum Gasteiger partial charge on any atom is 0.387 e. The molecule has 0 radical (unpaired) electrons. The second-order valence-electron chi connectivity index (χ2n) is 9.60. The van der Waals surface area contributed by atoms with E-state index in [1.165, 1.54) is 12.1 Å². The fourth-order valence-electron chi connectivity index (χ4n) is 4.50. The molecule has 5 nitrogen and oxygen atoms in total. The number of hydrogen-bond acceptors (Lipinski definition) is 5. The molecule has 5 aromatic rings. The Morgan fingerprint density at radius 1 is 0.952 bits per heavy atom. The highest BCUT2D eigenvalue weighted by Gasteiger charge is 2.17. The summed E-state index contributed by atoms with van der Waals surface area (Å²) in [7, 11) is 1.79. The van der Waals surface area contributed by atoms with Crippen molar-refractivity contribution in [3.63, 3.8) is 0 Å². The first-order valence-electron chi connectivity index (χ1n) is 13.1. The Kier molecular flexibility index (Phi) is 9.46. The van der Waals surface area contributed by atoms with Gasteiger partial charge in [0.15, 0.2) is 0 Å². The molecule has 2 heterocycles. The average molecular weight is 605 g/mol. The van der Waals surface area contributed by atoms with Crippen molar-refractivity contribution in [1.29, 1.82) is 0 Å². The van der Waals surface area contributed by atoms with Crippen molar-refractivity contribution >= 4 is 28.8 Å². The maximum atomic E-state index is 13.0. The molecule has 3 aromatic carbocycles. The zero-order chi connectivity index (χ0) is 29.5. The number of hydrogen-bond donors (Lipinski definition) is 0. The number of nitrogens with zero attached hydrogens (tertiary/aromatic N) is 2. The molecule has 42 heavy (non-hydrogen) atoms. The molecule has 0 aliphatic heterocycles. The number of aromatic nitrogens is 1. The number of rotatable bonds is 11. The van der Waals surface area contributed by atoms with E-state index in [9.17, 15) is 13.6 Å². The highest BCUT2D eigenvalue weighted by molar-refractivity contribution is 7.14. The zero-order valence-corrected chi connectivity index (χ0v) is 24.2. The van der Waals surface area contributed by atoms with Crippen molar-refractivity contribution in [2.45, 2.75) is 26.2 Å². The van der Waals surface area contributed by atoms with E-state index in [-0.39, 0.29) is 24.7 Å². The minimum Gasteiger partial charge on any atom is -0.488 e. The summed E-state index contributed by atoms with van der Waals surface area (Å²) in [5, 5.41) is 2.58. The summed E-state index contributed by atoms with van der Waals surface area (Å²) in [6, 6.07) is 25.6. The number of carbonyl (C=O) groups is 1. The van der Waals surface area contributed by atoms with Gasteiger partial charge in [-0.2, -0.15) is 8.78 Å². The van der Waals surface area contributed by atoms with Crippen LogP contribution in [0.25, 0.3) is 21.6 Å². The van der Waals surface area contributed by atoms with Crippen LogP contribution in [0.1, 0.15) is 16.7 Å². The third kappa shape index (κ3) is 7.51. The van der Waals surface area contributed by atoms with Crippen molar-refractivity contribution in [1.82, 2.24) is 9.88 Å². The van der Waals surface area contributed by atoms with Gasteiger partial charge < -0.3 is 14.4 Å². The second-order valence-corrected chi connectivity index (χ2v) is 11.0. The smallest absolute Gasteiger partial charge is 0.387 e. The molecule has 0 fully saturated rings. The third-order valence-electron chi connectivity index (χ3n) is 6.55. The Hall–Kier alpha value is -4.27. The molecule has 2 aromatic heterocycles. The molecule has 0 aliphatic carbocycles. The minimum absolute atomic E-state index is 0.0155. The average Bonchev–Trinajstić information content (AvgIpc) is 3.48. The quantitative estimate of drug-likeness (QED) is 0.152. The van der Waals surface area contributed by atoms with E-state index in [0.717, 1.165) is 38.3 Å². The normalized spacial score (nSPS) is 11.0. The van der Waals surface area contributed by atoms with Gasteiger partial charge in [0, 0.05) is 47.0 Å². The number of likely N-dealkylation sites (N-methyl/N-ethyl adjacent to an activating group) is 1. The Labute approximate surface area is 251 Å². The van der Waals surface area contributed by atoms with Gasteiger partial charge in [0.2, 0.25) is 5.91 Å². The van der Waals surface area contributed by atoms with E-state index in [0.29, 0.717) is 17.3 Å². The highest BCUT2D eigenvalue weighted by atomic mass is 35.5. The molecule has 0 saturated carbocycles. The van der Waals surface area contributed by atoms with Gasteiger partial charge in [0.25, 0.3) is 0 Å². The predicted octanol–water partition coefficient (Wildman–Crippen LogP) is 8.51. The molecule has 0 atom stereocenters. The van der Waals surface area contributed by atoms with E-state index < -0.39 is 6.61 Å². The first kappa shape index (κ1) is 29.2. The summed E-state index contributed by atoms with van der Waals surface area (Å²) < 4.78 is 35.5. The van der Waals surface area contributed by atoms with Crippen LogP contribution in [0.15, 0.2) is 103 Å². The largest absolute Gasteiger partial charge is 0.488 e. The van der Waals surface area contributed by atoms with E-state index in [4.69, 9.17) is 16.3 Å². The standard InChI is InChI=1S/C33H27ClF2N2O3S/c1-38(20-24-5-3-14-37-19-24)31(39)17-23-4-2-6-25(16-23)32-28(13-15-42-32)29-18-26(34)9-12-30(29)40-21-22-7-10-27(11-8-22)41-33(35)36/h2-16,18-19,33H,17,20-21H2,1H3. The molecule has 0 aliphatic rings. The molecular weight excluding hydrogens is 578 g/mol. The molecule has 5 rings (SSSR count). The lowest BCUT2D eigenvalue weighted by atomic mass is 10.00. The Morgan fingerprint density at radius 2 is 1.76 bits per heavy atom. The fourth-order valence-corrected chi connectivity index (χ4v) is 5.58. The monoisotopic (exact) mass is 604 g/mol. The number of thiophene rings is 1. The molecule has 9 heteroatoms. The second kappa shape index (κ2) is 13.6. The van der Waals surface area contributed by atoms with Gasteiger partial charge in [0.1, 0.15) is 18.1 Å². The summed E-state index contributed by atoms with van der Waals surface area (Å²) in [5.74, 6) is 0.741. The summed E-state index contributed by atoms with van der Waals surface area (Å²) in [6.45, 7) is -2.15. The Balaban J connectivity index is 1.33. The van der Waals surface area contributed by atoms with Gasteiger partial charge in [-0.3, -0.25) is 9.78 Å². The maximum absolute atomic E-state index is 13.0. The lowest BCUT2D eigenvalue weighted by Crippen LogP contribution is -2.27. The van der Waals surface area contributed by atoms with Gasteiger partial charge in [-0.15, -0.1) is 11.3 Å². The SMILES string of the molecule is CN(Cc1cccnc1)C(=O)Cc1cccc(-c2sccc2-c2cc(Cl)ccc2OCc2ccc(OC(F)F)cc2)c1. The molecule has 0 N–H and O–H groups in total. The van der Waals surface area contributed by atoms with Gasteiger partial charge in [-0.05, 0) is 76.2 Å². The number of pyridine rings is 1. The van der Waals surface area contributed by atoms with Crippen molar-refractivity contribution in [2.24, 2.45) is 0 Å². The number of alkyl halides is 2. The van der Waals surface area contributed by atoms with Crippen molar-refractivity contribution in [3.8, 4) is 33.1 Å². The summed E-state index contributed by atoms with van der Waals surface area (Å²) >= 11 is 8.00. The van der Waals surface area contributed by atoms with Crippen LogP contribution in [0.4, 0.5) is 8.78 Å². The molecule has 1 amide bonds. The van der Waals surface area contributed by atoms with Gasteiger partial charge in [-0.25, -0.2) is 0 Å². The molecule has 0 spiro atoms. The fraction of sp³-hybridized carbons (Fsp3) is 0.152. The van der Waals surface area contributed by atoms with Crippen LogP contribution in [-0.2, 0) is 24.4 Å². The van der Waals surface area contributed by atoms with E-state index >= 15 is 0 Å². The third-order valence-corrected chi connectivity index (χ3v) is 7.75. The van der Waals surface area contributed by atoms with Gasteiger partial charge in [-0.1, -0.05) is 48.0 Å². The predicted molar refractivity (Wildman–Crippen MR) is 162 cm³/mol. The number of ether oxygens (including phenoxy) is 2. The summed E-state index contributed by atoms with van der Waals surface area (Å²) in [6.07, 6.45) is 3.75. The van der Waals surface area contributed by atoms with Crippen LogP contribution >= 0.6 is 22.9 Å². The van der Waals surface area contributed by atoms with Gasteiger partial charge >= 0.3 is 6.61 Å². The first-order valence-corrected chi connectivity index (χ1v) is 14.4. The van der Waals surface area contributed by atoms with Crippen molar-refractivity contribution in [2.75, 3.05) is 7.05 Å². The molecule has 0 bridgehead atoms. The number of benzene rings is 3. The van der Waals surface area contributed by atoms with Crippen LogP contribution < -0.4 is 9.47 Å². The molecular formula is C33H27ClF2N2O3S. The molecule has 214 valence electrons. The molecule has 0 unspecified atom stereocenters. The Morgan fingerprint density at radius 3 is 2.52 bits per heavy atom. The number of carbonyl (C=O) groups excluding carboxylic acids is 1. The van der Waals surface area contributed by atoms with Crippen LogP contribution in [0.2, 0.25) is 5.02 Å². The zero-order valence-electron chi connectivity index (χ0n) is 22.7. The topological polar surface area (TPSA) is 51.7 Å². The lowest BCUT2D eigenvalue weighted by Gasteiger charge is -2.17. The number of amides is 1. The first-order chi connectivity index (χ1) is 20.4. The van der Waals surface area contributed by atoms with Crippen LogP contribution in [0, 0.1) is 0 Å². The van der Waals surface area contributed by atoms with Crippen LogP contribution in [-0.4, -0.2) is 29.5 Å². The minimum atomic E-state index is -2.87. The van der Waals surface area contributed by atoms with Crippen molar-refractivity contribution in [3.05, 3.63) is 124 Å².